The van der Waals surface area contributed by atoms with Crippen molar-refractivity contribution in [3.63, 3.8) is 0 Å². The van der Waals surface area contributed by atoms with Crippen LogP contribution in [0.15, 0.2) is 52.0 Å². The summed E-state index contributed by atoms with van der Waals surface area (Å²) in [5, 5.41) is 3.91. The van der Waals surface area contributed by atoms with Gasteiger partial charge in [0.25, 0.3) is 5.91 Å². The minimum atomic E-state index is -0.345. The van der Waals surface area contributed by atoms with Crippen molar-refractivity contribution in [2.45, 2.75) is 0 Å². The minimum absolute atomic E-state index is 0.107. The van der Waals surface area contributed by atoms with Crippen molar-refractivity contribution >= 4 is 28.1 Å². The minimum Gasteiger partial charge on any atom is -0.484 e. The molecule has 0 fully saturated rings. The van der Waals surface area contributed by atoms with Gasteiger partial charge in [0.15, 0.2) is 18.1 Å². The summed E-state index contributed by atoms with van der Waals surface area (Å²) in [7, 11) is 0. The van der Waals surface area contributed by atoms with Crippen LogP contribution < -0.4 is 19.6 Å². The van der Waals surface area contributed by atoms with Gasteiger partial charge in [-0.2, -0.15) is 5.10 Å². The number of nitrogens with one attached hydrogen (secondary N) is 1. The molecule has 0 radical (unpaired) electrons. The number of carbonyl (C=O) groups is 1. The van der Waals surface area contributed by atoms with Gasteiger partial charge in [0.1, 0.15) is 5.75 Å². The highest BCUT2D eigenvalue weighted by molar-refractivity contribution is 9.10. The van der Waals surface area contributed by atoms with E-state index in [0.29, 0.717) is 17.2 Å². The summed E-state index contributed by atoms with van der Waals surface area (Å²) in [6.07, 6.45) is 1.52. The molecule has 0 atom stereocenters. The molecule has 1 heterocycles. The highest BCUT2D eigenvalue weighted by Crippen LogP contribution is 2.36. The lowest BCUT2D eigenvalue weighted by molar-refractivity contribution is -0.123. The molecule has 0 saturated carbocycles. The Bertz CT molecular complexity index is 734. The highest BCUT2D eigenvalue weighted by Gasteiger charge is 2.15. The zero-order valence-corrected chi connectivity index (χ0v) is 13.6. The van der Waals surface area contributed by atoms with Crippen LogP contribution in [0, 0.1) is 0 Å². The van der Waals surface area contributed by atoms with Gasteiger partial charge in [0.05, 0.1) is 6.21 Å². The molecule has 2 aromatic rings. The van der Waals surface area contributed by atoms with Crippen molar-refractivity contribution in [3.8, 4) is 17.2 Å². The Morgan fingerprint density at radius 3 is 2.78 bits per heavy atom. The first kappa shape index (κ1) is 15.4. The van der Waals surface area contributed by atoms with Crippen LogP contribution in [0.4, 0.5) is 0 Å². The predicted octanol–water partition coefficient (Wildman–Crippen LogP) is 2.71. The Balaban J connectivity index is 1.53. The fourth-order valence-corrected chi connectivity index (χ4v) is 2.33. The normalized spacial score (nSPS) is 12.4. The number of halogens is 1. The third-order valence-electron chi connectivity index (χ3n) is 3.00. The zero-order valence-electron chi connectivity index (χ0n) is 12.0. The number of fused-ring (bicyclic) bond motifs is 1. The van der Waals surface area contributed by atoms with Crippen molar-refractivity contribution in [1.29, 1.82) is 0 Å². The number of hydrogen-bond acceptors (Lipinski definition) is 5. The van der Waals surface area contributed by atoms with E-state index in [-0.39, 0.29) is 19.3 Å². The van der Waals surface area contributed by atoms with E-state index < -0.39 is 0 Å². The number of hydrazone groups is 1. The average Bonchev–Trinajstić information content (AvgIpc) is 3.01. The first-order valence-electron chi connectivity index (χ1n) is 6.81. The van der Waals surface area contributed by atoms with Crippen LogP contribution in [0.5, 0.6) is 17.2 Å². The number of hydrogen-bond donors (Lipinski definition) is 1. The lowest BCUT2D eigenvalue weighted by Crippen LogP contribution is -2.24. The Morgan fingerprint density at radius 2 is 2.00 bits per heavy atom. The van der Waals surface area contributed by atoms with E-state index in [0.717, 1.165) is 10.0 Å². The maximum Gasteiger partial charge on any atom is 0.277 e. The van der Waals surface area contributed by atoms with E-state index in [1.54, 1.807) is 24.3 Å². The first-order chi connectivity index (χ1) is 11.2. The summed E-state index contributed by atoms with van der Waals surface area (Å²) in [6.45, 7) is 0.0968. The van der Waals surface area contributed by atoms with E-state index in [1.165, 1.54) is 6.21 Å². The number of carbonyl (C=O) groups excluding carboxylic acids is 1. The molecule has 1 N–H and O–H groups in total. The summed E-state index contributed by atoms with van der Waals surface area (Å²) < 4.78 is 16.7. The molecule has 1 aliphatic heterocycles. The molecule has 3 rings (SSSR count). The van der Waals surface area contributed by atoms with Gasteiger partial charge in [-0.15, -0.1) is 0 Å². The summed E-state index contributed by atoms with van der Waals surface area (Å²) in [5.41, 5.74) is 3.17. The molecule has 0 aliphatic carbocycles. The molecule has 0 aromatic heterocycles. The third-order valence-corrected chi connectivity index (χ3v) is 3.68. The lowest BCUT2D eigenvalue weighted by atomic mass is 10.2. The zero-order chi connectivity index (χ0) is 16.1. The molecule has 0 saturated heterocycles. The summed E-state index contributed by atoms with van der Waals surface area (Å²) in [5.74, 6) is 1.61. The number of para-hydroxylation sites is 1. The average molecular weight is 377 g/mol. The molecule has 2 aromatic carbocycles. The smallest absolute Gasteiger partial charge is 0.277 e. The topological polar surface area (TPSA) is 69.2 Å². The van der Waals surface area contributed by atoms with Crippen molar-refractivity contribution in [3.05, 3.63) is 52.5 Å². The van der Waals surface area contributed by atoms with Gasteiger partial charge in [-0.3, -0.25) is 4.79 Å². The maximum atomic E-state index is 11.7. The van der Waals surface area contributed by atoms with Crippen LogP contribution in [0.3, 0.4) is 0 Å². The van der Waals surface area contributed by atoms with E-state index in [9.17, 15) is 4.79 Å². The number of amides is 1. The fourth-order valence-electron chi connectivity index (χ4n) is 1.90. The molecule has 0 bridgehead atoms. The monoisotopic (exact) mass is 376 g/mol. The van der Waals surface area contributed by atoms with Crippen LogP contribution in [-0.4, -0.2) is 25.5 Å². The third kappa shape index (κ3) is 4.01. The number of benzene rings is 2. The van der Waals surface area contributed by atoms with Crippen molar-refractivity contribution in [2.75, 3.05) is 13.4 Å². The Hall–Kier alpha value is -2.54. The highest BCUT2D eigenvalue weighted by atomic mass is 79.9. The van der Waals surface area contributed by atoms with Crippen LogP contribution in [0.1, 0.15) is 5.56 Å². The van der Waals surface area contributed by atoms with Gasteiger partial charge < -0.3 is 14.2 Å². The van der Waals surface area contributed by atoms with Crippen LogP contribution in [0.2, 0.25) is 0 Å². The Morgan fingerprint density at radius 1 is 1.26 bits per heavy atom. The second-order valence-corrected chi connectivity index (χ2v) is 5.48. The molecule has 6 nitrogen and oxygen atoms in total. The number of rotatable bonds is 5. The molecule has 1 amide bonds. The quantitative estimate of drug-likeness (QED) is 0.643. The van der Waals surface area contributed by atoms with E-state index in [1.807, 2.05) is 18.2 Å². The van der Waals surface area contributed by atoms with Gasteiger partial charge in [-0.1, -0.05) is 18.2 Å². The summed E-state index contributed by atoms with van der Waals surface area (Å²) in [4.78, 5) is 11.7. The van der Waals surface area contributed by atoms with Crippen molar-refractivity contribution < 1.29 is 19.0 Å². The van der Waals surface area contributed by atoms with E-state index >= 15 is 0 Å². The largest absolute Gasteiger partial charge is 0.484 e. The van der Waals surface area contributed by atoms with Crippen molar-refractivity contribution in [2.24, 2.45) is 5.10 Å². The predicted molar refractivity (Wildman–Crippen MR) is 87.9 cm³/mol. The summed E-state index contributed by atoms with van der Waals surface area (Å²) >= 11 is 3.41. The number of nitrogens with zero attached hydrogens (tertiary/aromatic N) is 1. The van der Waals surface area contributed by atoms with Gasteiger partial charge >= 0.3 is 0 Å². The molecule has 23 heavy (non-hydrogen) atoms. The van der Waals surface area contributed by atoms with E-state index in [4.69, 9.17) is 14.2 Å². The van der Waals surface area contributed by atoms with Gasteiger partial charge in [-0.25, -0.2) is 5.43 Å². The second-order valence-electron chi connectivity index (χ2n) is 4.62. The van der Waals surface area contributed by atoms with Crippen LogP contribution in [-0.2, 0) is 4.79 Å². The van der Waals surface area contributed by atoms with Crippen molar-refractivity contribution in [1.82, 2.24) is 5.43 Å². The standard InChI is InChI=1S/C16H13BrN2O4/c17-13-7-15-14(22-10-23-15)6-11(13)8-18-19-16(20)9-21-12-4-2-1-3-5-12/h1-8H,9-10H2,(H,19,20). The molecule has 1 aliphatic rings. The molecule has 0 unspecified atom stereocenters. The fraction of sp³-hybridized carbons (Fsp3) is 0.125. The second kappa shape index (κ2) is 7.15. The number of ether oxygens (including phenoxy) is 3. The van der Waals surface area contributed by atoms with Crippen LogP contribution >= 0.6 is 15.9 Å². The van der Waals surface area contributed by atoms with Gasteiger partial charge in [0, 0.05) is 10.0 Å². The Kier molecular flexibility index (Phi) is 4.77. The Labute approximate surface area is 141 Å². The first-order valence-corrected chi connectivity index (χ1v) is 7.60. The summed E-state index contributed by atoms with van der Waals surface area (Å²) in [6, 6.07) is 12.7. The molecular weight excluding hydrogens is 364 g/mol. The van der Waals surface area contributed by atoms with Crippen LogP contribution in [0.25, 0.3) is 0 Å². The maximum absolute atomic E-state index is 11.7. The molecular formula is C16H13BrN2O4. The molecule has 7 heteroatoms. The van der Waals surface area contributed by atoms with E-state index in [2.05, 4.69) is 26.5 Å². The molecule has 0 spiro atoms. The molecule has 118 valence electrons. The van der Waals surface area contributed by atoms with Gasteiger partial charge in [-0.05, 0) is 40.2 Å². The lowest BCUT2D eigenvalue weighted by Gasteiger charge is -2.04. The van der Waals surface area contributed by atoms with Gasteiger partial charge in [0.2, 0.25) is 6.79 Å². The SMILES string of the molecule is O=C(COc1ccccc1)NN=Cc1cc2c(cc1Br)OCO2.